The average molecular weight is 368 g/mol. The predicted octanol–water partition coefficient (Wildman–Crippen LogP) is 2.61. The highest BCUT2D eigenvalue weighted by Gasteiger charge is 2.19. The van der Waals surface area contributed by atoms with E-state index < -0.39 is 0 Å². The number of aromatic nitrogens is 3. The number of nitrogens with zero attached hydrogens (tertiary/aromatic N) is 3. The van der Waals surface area contributed by atoms with E-state index in [0.29, 0.717) is 10.9 Å². The molecule has 134 valence electrons. The number of hydrogen-bond donors (Lipinski definition) is 1. The Morgan fingerprint density at radius 2 is 2.12 bits per heavy atom. The normalized spacial score (nSPS) is 14.8. The predicted molar refractivity (Wildman–Crippen MR) is 101 cm³/mol. The van der Waals surface area contributed by atoms with E-state index in [4.69, 9.17) is 4.98 Å². The molecule has 3 aromatic rings. The number of aryl methyl sites for hydroxylation is 2. The fraction of sp³-hybridized carbons (Fsp3) is 0.368. The summed E-state index contributed by atoms with van der Waals surface area (Å²) in [5.41, 5.74) is 1.62. The maximum absolute atomic E-state index is 12.5. The highest BCUT2D eigenvalue weighted by Crippen LogP contribution is 2.29. The average Bonchev–Trinajstić information content (AvgIpc) is 3.09. The fourth-order valence-electron chi connectivity index (χ4n) is 3.28. The molecule has 6 nitrogen and oxygen atoms in total. The zero-order chi connectivity index (χ0) is 18.1. The monoisotopic (exact) mass is 368 g/mol. The van der Waals surface area contributed by atoms with E-state index in [9.17, 15) is 9.59 Å². The van der Waals surface area contributed by atoms with Gasteiger partial charge in [-0.15, -0.1) is 11.3 Å². The Kier molecular flexibility index (Phi) is 4.55. The van der Waals surface area contributed by atoms with Gasteiger partial charge in [0.2, 0.25) is 5.91 Å². The lowest BCUT2D eigenvalue weighted by atomic mass is 10.0. The van der Waals surface area contributed by atoms with Gasteiger partial charge in [0.25, 0.3) is 5.56 Å². The second-order valence-electron chi connectivity index (χ2n) is 6.61. The first kappa shape index (κ1) is 16.9. The summed E-state index contributed by atoms with van der Waals surface area (Å²) in [5, 5.41) is 4.41. The molecule has 0 radical (unpaired) electrons. The van der Waals surface area contributed by atoms with E-state index in [1.165, 1.54) is 34.3 Å². The molecule has 1 unspecified atom stereocenters. The Morgan fingerprint density at radius 3 is 2.96 bits per heavy atom. The Hall–Kier alpha value is -2.54. The second kappa shape index (κ2) is 6.99. The van der Waals surface area contributed by atoms with Crippen molar-refractivity contribution in [2.45, 2.75) is 45.2 Å². The molecular formula is C19H20N4O2S. The summed E-state index contributed by atoms with van der Waals surface area (Å²) < 4.78 is 1.34. The van der Waals surface area contributed by atoms with Crippen LogP contribution in [0.2, 0.25) is 0 Å². The van der Waals surface area contributed by atoms with Crippen LogP contribution >= 0.6 is 11.3 Å². The van der Waals surface area contributed by atoms with Gasteiger partial charge < -0.3 is 5.32 Å². The molecule has 0 aliphatic heterocycles. The highest BCUT2D eigenvalue weighted by atomic mass is 32.1. The molecule has 0 saturated heterocycles. The van der Waals surface area contributed by atoms with Gasteiger partial charge in [-0.1, -0.05) is 12.1 Å². The van der Waals surface area contributed by atoms with Crippen molar-refractivity contribution in [3.63, 3.8) is 0 Å². The molecule has 1 aromatic carbocycles. The van der Waals surface area contributed by atoms with Gasteiger partial charge >= 0.3 is 0 Å². The third kappa shape index (κ3) is 3.26. The smallest absolute Gasteiger partial charge is 0.261 e. The van der Waals surface area contributed by atoms with Crippen molar-refractivity contribution < 1.29 is 4.79 Å². The van der Waals surface area contributed by atoms with Gasteiger partial charge in [-0.25, -0.2) is 9.97 Å². The lowest BCUT2D eigenvalue weighted by Gasteiger charge is -2.12. The minimum absolute atomic E-state index is 0.0495. The molecule has 1 amide bonds. The number of fused-ring (bicyclic) bond motifs is 2. The fourth-order valence-corrected chi connectivity index (χ4v) is 4.44. The number of amides is 1. The zero-order valence-electron chi connectivity index (χ0n) is 14.6. The van der Waals surface area contributed by atoms with Crippen LogP contribution < -0.4 is 10.9 Å². The van der Waals surface area contributed by atoms with Crippen LogP contribution in [0.15, 0.2) is 35.4 Å². The maximum Gasteiger partial charge on any atom is 0.261 e. The van der Waals surface area contributed by atoms with Gasteiger partial charge in [-0.05, 0) is 44.7 Å². The van der Waals surface area contributed by atoms with Crippen molar-refractivity contribution in [3.05, 3.63) is 56.5 Å². The van der Waals surface area contributed by atoms with Crippen LogP contribution in [0.1, 0.15) is 41.4 Å². The van der Waals surface area contributed by atoms with Gasteiger partial charge in [0.05, 0.1) is 29.0 Å². The lowest BCUT2D eigenvalue weighted by molar-refractivity contribution is -0.122. The van der Waals surface area contributed by atoms with Crippen molar-refractivity contribution in [1.29, 1.82) is 0 Å². The standard InChI is InChI=1S/C19H20N4O2S/c1-12(18-22-15-8-4-5-9-16(15)26-18)21-17(24)10-23-11-20-14-7-3-2-6-13(14)19(23)25/h2-3,6-7,11-12H,4-5,8-10H2,1H3,(H,21,24). The van der Waals surface area contributed by atoms with Gasteiger partial charge in [-0.3, -0.25) is 14.2 Å². The Morgan fingerprint density at radius 1 is 1.31 bits per heavy atom. The minimum Gasteiger partial charge on any atom is -0.346 e. The SMILES string of the molecule is CC(NC(=O)Cn1cnc2ccccc2c1=O)c1nc2c(s1)CCCC2. The second-order valence-corrected chi connectivity index (χ2v) is 7.73. The summed E-state index contributed by atoms with van der Waals surface area (Å²) in [6, 6.07) is 6.97. The Bertz CT molecular complexity index is 1000. The number of benzene rings is 1. The Balaban J connectivity index is 1.48. The molecule has 1 aliphatic rings. The van der Waals surface area contributed by atoms with Crippen LogP contribution in [0.4, 0.5) is 0 Å². The van der Waals surface area contributed by atoms with Crippen molar-refractivity contribution in [1.82, 2.24) is 19.9 Å². The zero-order valence-corrected chi connectivity index (χ0v) is 15.4. The van der Waals surface area contributed by atoms with Crippen molar-refractivity contribution in [2.24, 2.45) is 0 Å². The van der Waals surface area contributed by atoms with E-state index in [1.54, 1.807) is 29.5 Å². The number of carbonyl (C=O) groups is 1. The third-order valence-electron chi connectivity index (χ3n) is 4.66. The molecule has 1 atom stereocenters. The van der Waals surface area contributed by atoms with E-state index >= 15 is 0 Å². The molecule has 1 aliphatic carbocycles. The number of hydrogen-bond acceptors (Lipinski definition) is 5. The number of para-hydroxylation sites is 1. The summed E-state index contributed by atoms with van der Waals surface area (Å²) in [6.07, 6.45) is 5.95. The first-order valence-electron chi connectivity index (χ1n) is 8.84. The molecule has 2 heterocycles. The van der Waals surface area contributed by atoms with Crippen molar-refractivity contribution >= 4 is 28.1 Å². The summed E-state index contributed by atoms with van der Waals surface area (Å²) in [4.78, 5) is 35.2. The van der Waals surface area contributed by atoms with E-state index in [1.807, 2.05) is 13.0 Å². The van der Waals surface area contributed by atoms with Crippen LogP contribution in [-0.2, 0) is 24.2 Å². The summed E-state index contributed by atoms with van der Waals surface area (Å²) in [7, 11) is 0. The van der Waals surface area contributed by atoms with E-state index in [-0.39, 0.29) is 24.1 Å². The van der Waals surface area contributed by atoms with Crippen molar-refractivity contribution in [2.75, 3.05) is 0 Å². The van der Waals surface area contributed by atoms with Crippen LogP contribution in [0.3, 0.4) is 0 Å². The number of nitrogens with one attached hydrogen (secondary N) is 1. The molecule has 0 fully saturated rings. The largest absolute Gasteiger partial charge is 0.346 e. The lowest BCUT2D eigenvalue weighted by Crippen LogP contribution is -2.34. The van der Waals surface area contributed by atoms with Gasteiger partial charge in [0.1, 0.15) is 11.6 Å². The van der Waals surface area contributed by atoms with Crippen LogP contribution in [0, 0.1) is 0 Å². The molecule has 0 bridgehead atoms. The van der Waals surface area contributed by atoms with Gasteiger partial charge in [0, 0.05) is 4.88 Å². The molecule has 2 aromatic heterocycles. The molecule has 1 N–H and O–H groups in total. The summed E-state index contributed by atoms with van der Waals surface area (Å²) in [6.45, 7) is 1.88. The van der Waals surface area contributed by atoms with Crippen molar-refractivity contribution in [3.8, 4) is 0 Å². The van der Waals surface area contributed by atoms with Gasteiger partial charge in [0.15, 0.2) is 0 Å². The van der Waals surface area contributed by atoms with E-state index in [0.717, 1.165) is 17.8 Å². The molecular weight excluding hydrogens is 348 g/mol. The van der Waals surface area contributed by atoms with Crippen LogP contribution in [0.25, 0.3) is 10.9 Å². The molecule has 0 spiro atoms. The third-order valence-corrected chi connectivity index (χ3v) is 6.00. The quantitative estimate of drug-likeness (QED) is 0.768. The molecule has 26 heavy (non-hydrogen) atoms. The van der Waals surface area contributed by atoms with Gasteiger partial charge in [-0.2, -0.15) is 0 Å². The first-order valence-corrected chi connectivity index (χ1v) is 9.65. The highest BCUT2D eigenvalue weighted by molar-refractivity contribution is 7.11. The molecule has 7 heteroatoms. The minimum atomic E-state index is -0.218. The topological polar surface area (TPSA) is 76.9 Å². The first-order chi connectivity index (χ1) is 12.6. The summed E-state index contributed by atoms with van der Waals surface area (Å²) in [5.74, 6) is -0.218. The Labute approximate surface area is 154 Å². The molecule has 4 rings (SSSR count). The van der Waals surface area contributed by atoms with E-state index in [2.05, 4.69) is 10.3 Å². The number of carbonyl (C=O) groups excluding carboxylic acids is 1. The number of thiazole rings is 1. The number of rotatable bonds is 4. The van der Waals surface area contributed by atoms with Crippen LogP contribution in [-0.4, -0.2) is 20.4 Å². The van der Waals surface area contributed by atoms with Crippen LogP contribution in [0.5, 0.6) is 0 Å². The maximum atomic E-state index is 12.5. The molecule has 0 saturated carbocycles. The summed E-state index contributed by atoms with van der Waals surface area (Å²) >= 11 is 1.69.